The zero-order chi connectivity index (χ0) is 18.6. The van der Waals surface area contributed by atoms with E-state index in [2.05, 4.69) is 17.2 Å². The van der Waals surface area contributed by atoms with E-state index < -0.39 is 0 Å². The monoisotopic (exact) mass is 376 g/mol. The lowest BCUT2D eigenvalue weighted by atomic mass is 10.2. The number of thioether (sulfide) groups is 1. The van der Waals surface area contributed by atoms with E-state index in [9.17, 15) is 4.79 Å². The van der Waals surface area contributed by atoms with Crippen LogP contribution in [0.1, 0.15) is 18.1 Å². The normalized spacial score (nSPS) is 11.1. The third-order valence-corrected chi connectivity index (χ3v) is 5.40. The van der Waals surface area contributed by atoms with Gasteiger partial charge in [-0.15, -0.1) is 0 Å². The van der Waals surface area contributed by atoms with Crippen molar-refractivity contribution < 1.29 is 0 Å². The highest BCUT2D eigenvalue weighted by molar-refractivity contribution is 7.98. The first-order valence-corrected chi connectivity index (χ1v) is 9.92. The molecule has 6 heteroatoms. The van der Waals surface area contributed by atoms with Crippen molar-refractivity contribution in [2.45, 2.75) is 30.9 Å². The number of rotatable bonds is 6. The van der Waals surface area contributed by atoms with Crippen LogP contribution in [0.15, 0.2) is 76.8 Å². The first-order chi connectivity index (χ1) is 13.2. The van der Waals surface area contributed by atoms with Crippen molar-refractivity contribution in [3.05, 3.63) is 88.3 Å². The van der Waals surface area contributed by atoms with Crippen LogP contribution in [-0.4, -0.2) is 19.3 Å². The molecule has 0 spiro atoms. The van der Waals surface area contributed by atoms with Crippen molar-refractivity contribution in [2.24, 2.45) is 0 Å². The van der Waals surface area contributed by atoms with E-state index >= 15 is 0 Å². The van der Waals surface area contributed by atoms with Gasteiger partial charge in [-0.1, -0.05) is 72.4 Å². The average molecular weight is 376 g/mol. The number of nitrogens with zero attached hydrogens (tertiary/aromatic N) is 4. The molecule has 0 aliphatic heterocycles. The van der Waals surface area contributed by atoms with Gasteiger partial charge in [0.1, 0.15) is 5.52 Å². The molecule has 0 aliphatic rings. The summed E-state index contributed by atoms with van der Waals surface area (Å²) in [6.07, 6.45) is 1.84. The summed E-state index contributed by atoms with van der Waals surface area (Å²) in [4.78, 5) is 17.9. The molecule has 5 nitrogen and oxygen atoms in total. The summed E-state index contributed by atoms with van der Waals surface area (Å²) < 4.78 is 3.50. The van der Waals surface area contributed by atoms with Crippen molar-refractivity contribution in [1.29, 1.82) is 0 Å². The van der Waals surface area contributed by atoms with Gasteiger partial charge in [0.2, 0.25) is 0 Å². The van der Waals surface area contributed by atoms with E-state index in [1.54, 1.807) is 21.0 Å². The lowest BCUT2D eigenvalue weighted by Crippen LogP contribution is -2.24. The topological polar surface area (TPSA) is 52.7 Å². The molecule has 0 unspecified atom stereocenters. The summed E-state index contributed by atoms with van der Waals surface area (Å²) in [7, 11) is 0. The van der Waals surface area contributed by atoms with Gasteiger partial charge in [-0.05, 0) is 18.1 Å². The Balaban J connectivity index is 1.76. The van der Waals surface area contributed by atoms with Crippen molar-refractivity contribution >= 4 is 22.8 Å². The minimum absolute atomic E-state index is 0.0911. The SMILES string of the molecule is CCn1cc2nc(SCc3ccccc3)n(Cc3ccccc3)c(=O)c2n1. The second kappa shape index (κ2) is 7.80. The number of hydrogen-bond donors (Lipinski definition) is 0. The summed E-state index contributed by atoms with van der Waals surface area (Å²) >= 11 is 1.58. The fourth-order valence-corrected chi connectivity index (χ4v) is 3.88. The maximum atomic E-state index is 13.1. The molecule has 0 N–H and O–H groups in total. The molecule has 2 aromatic carbocycles. The van der Waals surface area contributed by atoms with Gasteiger partial charge < -0.3 is 0 Å². The van der Waals surface area contributed by atoms with Crippen molar-refractivity contribution in [2.75, 3.05) is 0 Å². The van der Waals surface area contributed by atoms with Crippen molar-refractivity contribution in [1.82, 2.24) is 19.3 Å². The van der Waals surface area contributed by atoms with Gasteiger partial charge in [0.15, 0.2) is 10.7 Å². The molecule has 2 heterocycles. The zero-order valence-electron chi connectivity index (χ0n) is 15.1. The molecule has 0 atom stereocenters. The number of aromatic nitrogens is 4. The second-order valence-electron chi connectivity index (χ2n) is 6.26. The van der Waals surface area contributed by atoms with Crippen LogP contribution in [0.4, 0.5) is 0 Å². The minimum atomic E-state index is -0.0911. The van der Waals surface area contributed by atoms with Crippen LogP contribution in [0.5, 0.6) is 0 Å². The predicted octanol–water partition coefficient (Wildman–Crippen LogP) is 3.95. The van der Waals surface area contributed by atoms with Gasteiger partial charge in [-0.25, -0.2) is 4.98 Å². The van der Waals surface area contributed by atoms with Gasteiger partial charge in [0.25, 0.3) is 5.56 Å². The van der Waals surface area contributed by atoms with Crippen molar-refractivity contribution in [3.63, 3.8) is 0 Å². The Bertz CT molecular complexity index is 1100. The third-order valence-electron chi connectivity index (χ3n) is 4.36. The summed E-state index contributed by atoms with van der Waals surface area (Å²) in [5, 5.41) is 5.12. The molecule has 0 bridgehead atoms. The molecule has 2 aromatic heterocycles. The van der Waals surface area contributed by atoms with E-state index in [1.807, 2.05) is 61.7 Å². The fourth-order valence-electron chi connectivity index (χ4n) is 2.92. The Labute approximate surface area is 161 Å². The van der Waals surface area contributed by atoms with Crippen molar-refractivity contribution in [3.8, 4) is 0 Å². The summed E-state index contributed by atoms with van der Waals surface area (Å²) in [6, 6.07) is 20.2. The first kappa shape index (κ1) is 17.5. The minimum Gasteiger partial charge on any atom is -0.281 e. The Morgan fingerprint density at radius 3 is 2.30 bits per heavy atom. The van der Waals surface area contributed by atoms with E-state index in [4.69, 9.17) is 4.98 Å². The Kier molecular flexibility index (Phi) is 5.07. The van der Waals surface area contributed by atoms with E-state index in [-0.39, 0.29) is 5.56 Å². The fraction of sp³-hybridized carbons (Fsp3) is 0.190. The molecule has 27 heavy (non-hydrogen) atoms. The van der Waals surface area contributed by atoms with Gasteiger partial charge in [-0.3, -0.25) is 14.0 Å². The molecule has 4 rings (SSSR count). The molecule has 4 aromatic rings. The van der Waals surface area contributed by atoms with Crippen LogP contribution >= 0.6 is 11.8 Å². The molecule has 0 amide bonds. The summed E-state index contributed by atoms with van der Waals surface area (Å²) in [6.45, 7) is 3.19. The van der Waals surface area contributed by atoms with Gasteiger partial charge in [-0.2, -0.15) is 5.10 Å². The van der Waals surface area contributed by atoms with E-state index in [1.165, 1.54) is 5.56 Å². The molecule has 136 valence electrons. The second-order valence-corrected chi connectivity index (χ2v) is 7.21. The summed E-state index contributed by atoms with van der Waals surface area (Å²) in [5.74, 6) is 0.759. The predicted molar refractivity (Wildman–Crippen MR) is 109 cm³/mol. The van der Waals surface area contributed by atoms with E-state index in [0.717, 1.165) is 16.5 Å². The highest BCUT2D eigenvalue weighted by Gasteiger charge is 2.15. The molecule has 0 saturated heterocycles. The van der Waals surface area contributed by atoms with Gasteiger partial charge in [0.05, 0.1) is 12.7 Å². The maximum Gasteiger partial charge on any atom is 0.282 e. The lowest BCUT2D eigenvalue weighted by Gasteiger charge is -2.11. The first-order valence-electron chi connectivity index (χ1n) is 8.93. The average Bonchev–Trinajstić information content (AvgIpc) is 3.14. The standard InChI is InChI=1S/C21H20N4OS/c1-2-24-14-18-19(23-24)20(26)25(13-16-9-5-3-6-10-16)21(22-18)27-15-17-11-7-4-8-12-17/h3-12,14H,2,13,15H2,1H3. The number of aryl methyl sites for hydroxylation is 1. The van der Waals surface area contributed by atoms with Gasteiger partial charge >= 0.3 is 0 Å². The molecule has 0 radical (unpaired) electrons. The molecular formula is C21H20N4OS. The van der Waals surface area contributed by atoms with Crippen LogP contribution in [0.2, 0.25) is 0 Å². The maximum absolute atomic E-state index is 13.1. The quantitative estimate of drug-likeness (QED) is 0.378. The molecule has 0 aliphatic carbocycles. The van der Waals surface area contributed by atoms with Crippen LogP contribution < -0.4 is 5.56 Å². The number of fused-ring (bicyclic) bond motifs is 1. The van der Waals surface area contributed by atoms with Crippen LogP contribution in [0.25, 0.3) is 11.0 Å². The molecule has 0 saturated carbocycles. The van der Waals surface area contributed by atoms with E-state index in [0.29, 0.717) is 24.1 Å². The van der Waals surface area contributed by atoms with Crippen LogP contribution in [0.3, 0.4) is 0 Å². The van der Waals surface area contributed by atoms with Crippen LogP contribution in [0, 0.1) is 0 Å². The molecular weight excluding hydrogens is 356 g/mol. The highest BCUT2D eigenvalue weighted by atomic mass is 32.2. The number of hydrogen-bond acceptors (Lipinski definition) is 4. The lowest BCUT2D eigenvalue weighted by molar-refractivity contribution is 0.650. The number of benzene rings is 2. The Hall–Kier alpha value is -2.86. The Morgan fingerprint density at radius 1 is 0.963 bits per heavy atom. The third kappa shape index (κ3) is 3.80. The highest BCUT2D eigenvalue weighted by Crippen LogP contribution is 2.22. The van der Waals surface area contributed by atoms with Gasteiger partial charge in [0, 0.05) is 12.3 Å². The van der Waals surface area contributed by atoms with Crippen LogP contribution in [-0.2, 0) is 18.8 Å². The summed E-state index contributed by atoms with van der Waals surface area (Å²) in [5.41, 5.74) is 3.26. The zero-order valence-corrected chi connectivity index (χ0v) is 15.9. The molecule has 0 fully saturated rings. The largest absolute Gasteiger partial charge is 0.282 e. The Morgan fingerprint density at radius 2 is 1.63 bits per heavy atom. The smallest absolute Gasteiger partial charge is 0.281 e.